The summed E-state index contributed by atoms with van der Waals surface area (Å²) in [7, 11) is 0. The molecule has 0 fully saturated rings. The third kappa shape index (κ3) is 3.23. The summed E-state index contributed by atoms with van der Waals surface area (Å²) in [5, 5.41) is 5.83. The number of aryl methyl sites for hydroxylation is 1. The summed E-state index contributed by atoms with van der Waals surface area (Å²) < 4.78 is 0. The maximum Gasteiger partial charge on any atom is 0.242 e. The van der Waals surface area contributed by atoms with Crippen LogP contribution >= 0.6 is 0 Å². The van der Waals surface area contributed by atoms with E-state index in [1.54, 1.807) is 6.20 Å². The van der Waals surface area contributed by atoms with E-state index >= 15 is 0 Å². The minimum atomic E-state index is -0.265. The first-order valence-electron chi connectivity index (χ1n) is 5.11. The lowest BCUT2D eigenvalue weighted by molar-refractivity contribution is -0.121. The standard InChI is InChI=1S/C11H17N3O/c1-4-12-11(15)9(3)14-10-8(2)6-5-7-13-10/h5-7,9H,4H2,1-3H3,(H,12,15)(H,13,14). The summed E-state index contributed by atoms with van der Waals surface area (Å²) >= 11 is 0. The van der Waals surface area contributed by atoms with Crippen molar-refractivity contribution in [2.24, 2.45) is 0 Å². The lowest BCUT2D eigenvalue weighted by Crippen LogP contribution is -2.37. The van der Waals surface area contributed by atoms with Gasteiger partial charge in [0.2, 0.25) is 5.91 Å². The van der Waals surface area contributed by atoms with Gasteiger partial charge in [0, 0.05) is 12.7 Å². The van der Waals surface area contributed by atoms with Gasteiger partial charge in [-0.05, 0) is 32.4 Å². The predicted molar refractivity (Wildman–Crippen MR) is 60.7 cm³/mol. The van der Waals surface area contributed by atoms with Crippen molar-refractivity contribution < 1.29 is 4.79 Å². The number of nitrogens with one attached hydrogen (secondary N) is 2. The van der Waals surface area contributed by atoms with Crippen LogP contribution in [0.1, 0.15) is 19.4 Å². The Labute approximate surface area is 90.1 Å². The Kier molecular flexibility index (Phi) is 4.09. The topological polar surface area (TPSA) is 54.0 Å². The maximum atomic E-state index is 11.5. The number of carbonyl (C=O) groups excluding carboxylic acids is 1. The quantitative estimate of drug-likeness (QED) is 0.783. The number of hydrogen-bond acceptors (Lipinski definition) is 3. The molecule has 2 N–H and O–H groups in total. The van der Waals surface area contributed by atoms with E-state index in [-0.39, 0.29) is 11.9 Å². The monoisotopic (exact) mass is 207 g/mol. The number of hydrogen-bond donors (Lipinski definition) is 2. The van der Waals surface area contributed by atoms with Crippen LogP contribution in [0, 0.1) is 6.92 Å². The lowest BCUT2D eigenvalue weighted by Gasteiger charge is -2.14. The van der Waals surface area contributed by atoms with Crippen molar-refractivity contribution in [3.8, 4) is 0 Å². The normalized spacial score (nSPS) is 11.9. The van der Waals surface area contributed by atoms with Crippen molar-refractivity contribution in [1.29, 1.82) is 0 Å². The summed E-state index contributed by atoms with van der Waals surface area (Å²) in [6.07, 6.45) is 1.71. The smallest absolute Gasteiger partial charge is 0.242 e. The van der Waals surface area contributed by atoms with Gasteiger partial charge in [-0.25, -0.2) is 4.98 Å². The van der Waals surface area contributed by atoms with Crippen LogP contribution in [0.3, 0.4) is 0 Å². The maximum absolute atomic E-state index is 11.5. The molecule has 82 valence electrons. The van der Waals surface area contributed by atoms with E-state index in [1.165, 1.54) is 0 Å². The summed E-state index contributed by atoms with van der Waals surface area (Å²) in [6, 6.07) is 3.57. The van der Waals surface area contributed by atoms with Gasteiger partial charge in [-0.15, -0.1) is 0 Å². The van der Waals surface area contributed by atoms with E-state index in [0.717, 1.165) is 11.4 Å². The van der Waals surface area contributed by atoms with Crippen molar-refractivity contribution in [1.82, 2.24) is 10.3 Å². The van der Waals surface area contributed by atoms with E-state index in [9.17, 15) is 4.79 Å². The second kappa shape index (κ2) is 5.34. The third-order valence-electron chi connectivity index (χ3n) is 2.11. The van der Waals surface area contributed by atoms with Crippen LogP contribution in [0.2, 0.25) is 0 Å². The lowest BCUT2D eigenvalue weighted by atomic mass is 10.2. The van der Waals surface area contributed by atoms with Crippen LogP contribution in [0.15, 0.2) is 18.3 Å². The molecule has 1 aromatic heterocycles. The summed E-state index contributed by atoms with van der Waals surface area (Å²) in [4.78, 5) is 15.6. The first kappa shape index (κ1) is 11.5. The number of likely N-dealkylation sites (N-methyl/N-ethyl adjacent to an activating group) is 1. The van der Waals surface area contributed by atoms with Gasteiger partial charge in [-0.1, -0.05) is 6.07 Å². The molecule has 1 heterocycles. The molecule has 0 aliphatic rings. The van der Waals surface area contributed by atoms with Crippen molar-refractivity contribution in [2.75, 3.05) is 11.9 Å². The van der Waals surface area contributed by atoms with E-state index in [4.69, 9.17) is 0 Å². The minimum Gasteiger partial charge on any atom is -0.358 e. The molecule has 1 rings (SSSR count). The van der Waals surface area contributed by atoms with Crippen LogP contribution in [0.5, 0.6) is 0 Å². The fourth-order valence-electron chi connectivity index (χ4n) is 1.23. The molecule has 1 atom stereocenters. The molecule has 0 saturated heterocycles. The molecule has 1 unspecified atom stereocenters. The molecular weight excluding hydrogens is 190 g/mol. The molecular formula is C11H17N3O. The van der Waals surface area contributed by atoms with Gasteiger partial charge in [0.1, 0.15) is 11.9 Å². The summed E-state index contributed by atoms with van der Waals surface area (Å²) in [6.45, 7) is 6.32. The van der Waals surface area contributed by atoms with Gasteiger partial charge < -0.3 is 10.6 Å². The third-order valence-corrected chi connectivity index (χ3v) is 2.11. The average Bonchev–Trinajstić information content (AvgIpc) is 2.21. The van der Waals surface area contributed by atoms with Crippen molar-refractivity contribution in [3.05, 3.63) is 23.9 Å². The molecule has 0 radical (unpaired) electrons. The fraction of sp³-hybridized carbons (Fsp3) is 0.455. The van der Waals surface area contributed by atoms with Crippen LogP contribution in [-0.4, -0.2) is 23.5 Å². The van der Waals surface area contributed by atoms with Crippen molar-refractivity contribution in [2.45, 2.75) is 26.8 Å². The summed E-state index contributed by atoms with van der Waals surface area (Å²) in [5.74, 6) is 0.749. The van der Waals surface area contributed by atoms with E-state index < -0.39 is 0 Å². The molecule has 0 aromatic carbocycles. The highest BCUT2D eigenvalue weighted by molar-refractivity contribution is 5.83. The Morgan fingerprint density at radius 3 is 2.93 bits per heavy atom. The fourth-order valence-corrected chi connectivity index (χ4v) is 1.23. The predicted octanol–water partition coefficient (Wildman–Crippen LogP) is 1.33. The SMILES string of the molecule is CCNC(=O)C(C)Nc1ncccc1C. The molecule has 4 nitrogen and oxygen atoms in total. The first-order valence-corrected chi connectivity index (χ1v) is 5.11. The van der Waals surface area contributed by atoms with Gasteiger partial charge in [-0.2, -0.15) is 0 Å². The number of aromatic nitrogens is 1. The highest BCUT2D eigenvalue weighted by Gasteiger charge is 2.12. The second-order valence-electron chi connectivity index (χ2n) is 3.43. The highest BCUT2D eigenvalue weighted by Crippen LogP contribution is 2.10. The molecule has 4 heteroatoms. The molecule has 0 saturated carbocycles. The number of carbonyl (C=O) groups is 1. The Hall–Kier alpha value is -1.58. The van der Waals surface area contributed by atoms with Gasteiger partial charge in [0.25, 0.3) is 0 Å². The highest BCUT2D eigenvalue weighted by atomic mass is 16.2. The van der Waals surface area contributed by atoms with Crippen LogP contribution < -0.4 is 10.6 Å². The number of anilines is 1. The van der Waals surface area contributed by atoms with Gasteiger partial charge in [-0.3, -0.25) is 4.79 Å². The van der Waals surface area contributed by atoms with Gasteiger partial charge >= 0.3 is 0 Å². The van der Waals surface area contributed by atoms with Crippen LogP contribution in [0.25, 0.3) is 0 Å². The van der Waals surface area contributed by atoms with E-state index in [1.807, 2.05) is 32.9 Å². The second-order valence-corrected chi connectivity index (χ2v) is 3.43. The van der Waals surface area contributed by atoms with Crippen molar-refractivity contribution in [3.63, 3.8) is 0 Å². The Morgan fingerprint density at radius 1 is 1.60 bits per heavy atom. The molecule has 0 bridgehead atoms. The van der Waals surface area contributed by atoms with Crippen LogP contribution in [0.4, 0.5) is 5.82 Å². The summed E-state index contributed by atoms with van der Waals surface area (Å²) in [5.41, 5.74) is 1.04. The molecule has 0 spiro atoms. The molecule has 15 heavy (non-hydrogen) atoms. The Bertz CT molecular complexity index is 338. The van der Waals surface area contributed by atoms with E-state index in [2.05, 4.69) is 15.6 Å². The molecule has 1 amide bonds. The first-order chi connectivity index (χ1) is 7.15. The zero-order valence-electron chi connectivity index (χ0n) is 9.37. The van der Waals surface area contributed by atoms with Crippen LogP contribution in [-0.2, 0) is 4.79 Å². The largest absolute Gasteiger partial charge is 0.358 e. The Balaban J connectivity index is 2.62. The molecule has 0 aliphatic carbocycles. The van der Waals surface area contributed by atoms with Crippen molar-refractivity contribution >= 4 is 11.7 Å². The van der Waals surface area contributed by atoms with Gasteiger partial charge in [0.05, 0.1) is 0 Å². The molecule has 1 aromatic rings. The average molecular weight is 207 g/mol. The number of rotatable bonds is 4. The Morgan fingerprint density at radius 2 is 2.33 bits per heavy atom. The number of nitrogens with zero attached hydrogens (tertiary/aromatic N) is 1. The van der Waals surface area contributed by atoms with E-state index in [0.29, 0.717) is 6.54 Å². The number of pyridine rings is 1. The zero-order valence-corrected chi connectivity index (χ0v) is 9.37. The van der Waals surface area contributed by atoms with Gasteiger partial charge in [0.15, 0.2) is 0 Å². The number of amides is 1. The molecule has 0 aliphatic heterocycles. The minimum absolute atomic E-state index is 0.0115. The zero-order chi connectivity index (χ0) is 11.3.